The van der Waals surface area contributed by atoms with Crippen LogP contribution < -0.4 is 15.8 Å². The van der Waals surface area contributed by atoms with E-state index in [2.05, 4.69) is 5.32 Å². The zero-order chi connectivity index (χ0) is 13.6. The second-order valence-corrected chi connectivity index (χ2v) is 4.92. The lowest BCUT2D eigenvalue weighted by molar-refractivity contribution is -0.123. The van der Waals surface area contributed by atoms with E-state index in [1.165, 1.54) is 0 Å². The first-order valence-corrected chi connectivity index (χ1v) is 6.23. The monoisotopic (exact) mass is 250 g/mol. The molecule has 0 aliphatic heterocycles. The van der Waals surface area contributed by atoms with Crippen molar-refractivity contribution in [1.82, 2.24) is 5.32 Å². The summed E-state index contributed by atoms with van der Waals surface area (Å²) in [7, 11) is 0. The van der Waals surface area contributed by atoms with E-state index in [1.807, 2.05) is 32.9 Å². The van der Waals surface area contributed by atoms with Crippen molar-refractivity contribution >= 4 is 11.6 Å². The van der Waals surface area contributed by atoms with Gasteiger partial charge in [-0.15, -0.1) is 0 Å². The molecule has 0 heterocycles. The highest BCUT2D eigenvalue weighted by Gasteiger charge is 2.17. The molecule has 0 spiro atoms. The minimum atomic E-state index is -0.164. The van der Waals surface area contributed by atoms with E-state index < -0.39 is 0 Å². The number of carbonyl (C=O) groups excluding carboxylic acids is 1. The average molecular weight is 250 g/mol. The minimum absolute atomic E-state index is 0.00338. The Kier molecular flexibility index (Phi) is 5.01. The highest BCUT2D eigenvalue weighted by molar-refractivity contribution is 5.76. The van der Waals surface area contributed by atoms with Crippen LogP contribution in [0.25, 0.3) is 0 Å². The zero-order valence-corrected chi connectivity index (χ0v) is 11.3. The summed E-state index contributed by atoms with van der Waals surface area (Å²) in [4.78, 5) is 11.7. The molecular formula is C14H22N2O2. The summed E-state index contributed by atoms with van der Waals surface area (Å²) in [6, 6.07) is 7.27. The molecular weight excluding hydrogens is 228 g/mol. The number of nitrogens with two attached hydrogens (primary N) is 1. The van der Waals surface area contributed by atoms with Gasteiger partial charge in [-0.1, -0.05) is 19.1 Å². The maximum absolute atomic E-state index is 11.7. The molecule has 0 fully saturated rings. The zero-order valence-electron chi connectivity index (χ0n) is 11.3. The summed E-state index contributed by atoms with van der Waals surface area (Å²) in [5.41, 5.74) is 6.16. The van der Waals surface area contributed by atoms with Crippen molar-refractivity contribution in [1.29, 1.82) is 0 Å². The standard InChI is InChI=1S/C14H22N2O2/c1-4-14(2,3)16-13(17)9-10-18-12-8-6-5-7-11(12)15/h5-8H,4,9-10,15H2,1-3H3,(H,16,17). The summed E-state index contributed by atoms with van der Waals surface area (Å²) in [5, 5.41) is 2.96. The predicted molar refractivity (Wildman–Crippen MR) is 73.5 cm³/mol. The van der Waals surface area contributed by atoms with Gasteiger partial charge in [0, 0.05) is 5.54 Å². The fourth-order valence-electron chi connectivity index (χ4n) is 1.39. The molecule has 18 heavy (non-hydrogen) atoms. The first-order chi connectivity index (χ1) is 8.44. The van der Waals surface area contributed by atoms with Gasteiger partial charge >= 0.3 is 0 Å². The number of hydrogen-bond acceptors (Lipinski definition) is 3. The fourth-order valence-corrected chi connectivity index (χ4v) is 1.39. The predicted octanol–water partition coefficient (Wildman–Crippen LogP) is 2.34. The third kappa shape index (κ3) is 4.65. The van der Waals surface area contributed by atoms with E-state index >= 15 is 0 Å². The summed E-state index contributed by atoms with van der Waals surface area (Å²) < 4.78 is 5.47. The molecule has 4 nitrogen and oxygen atoms in total. The molecule has 1 aromatic carbocycles. The molecule has 100 valence electrons. The molecule has 0 unspecified atom stereocenters. The van der Waals surface area contributed by atoms with E-state index in [0.29, 0.717) is 24.5 Å². The van der Waals surface area contributed by atoms with Crippen molar-refractivity contribution < 1.29 is 9.53 Å². The Morgan fingerprint density at radius 1 is 1.39 bits per heavy atom. The van der Waals surface area contributed by atoms with Gasteiger partial charge in [-0.25, -0.2) is 0 Å². The molecule has 1 aromatic rings. The second-order valence-electron chi connectivity index (χ2n) is 4.92. The Balaban J connectivity index is 2.34. The number of ether oxygens (including phenoxy) is 1. The molecule has 4 heteroatoms. The van der Waals surface area contributed by atoms with Gasteiger partial charge in [-0.05, 0) is 32.4 Å². The number of amides is 1. The number of anilines is 1. The van der Waals surface area contributed by atoms with Crippen LogP contribution in [0, 0.1) is 0 Å². The van der Waals surface area contributed by atoms with Crippen LogP contribution in [0.15, 0.2) is 24.3 Å². The van der Waals surface area contributed by atoms with Crippen molar-refractivity contribution in [2.75, 3.05) is 12.3 Å². The summed E-state index contributed by atoms with van der Waals surface area (Å²) in [6.07, 6.45) is 1.23. The van der Waals surface area contributed by atoms with Gasteiger partial charge in [0.2, 0.25) is 5.91 Å². The minimum Gasteiger partial charge on any atom is -0.491 e. The molecule has 1 rings (SSSR count). The van der Waals surface area contributed by atoms with Crippen LogP contribution in [0.4, 0.5) is 5.69 Å². The smallest absolute Gasteiger partial charge is 0.223 e. The number of rotatable bonds is 6. The quantitative estimate of drug-likeness (QED) is 0.762. The highest BCUT2D eigenvalue weighted by Crippen LogP contribution is 2.19. The largest absolute Gasteiger partial charge is 0.491 e. The van der Waals surface area contributed by atoms with Crippen LogP contribution in [0.3, 0.4) is 0 Å². The fraction of sp³-hybridized carbons (Fsp3) is 0.500. The maximum atomic E-state index is 11.7. The van der Waals surface area contributed by atoms with Gasteiger partial charge in [0.15, 0.2) is 0 Å². The maximum Gasteiger partial charge on any atom is 0.223 e. The number of benzene rings is 1. The Morgan fingerprint density at radius 3 is 2.67 bits per heavy atom. The Labute approximate surface area is 109 Å². The molecule has 0 aromatic heterocycles. The highest BCUT2D eigenvalue weighted by atomic mass is 16.5. The Morgan fingerprint density at radius 2 is 2.06 bits per heavy atom. The van der Waals surface area contributed by atoms with Crippen molar-refractivity contribution in [3.63, 3.8) is 0 Å². The number of para-hydroxylation sites is 2. The number of hydrogen-bond donors (Lipinski definition) is 2. The van der Waals surface area contributed by atoms with Gasteiger partial charge < -0.3 is 15.8 Å². The van der Waals surface area contributed by atoms with Crippen molar-refractivity contribution in [2.24, 2.45) is 0 Å². The molecule has 0 aliphatic rings. The van der Waals surface area contributed by atoms with Gasteiger partial charge in [0.1, 0.15) is 5.75 Å². The lowest BCUT2D eigenvalue weighted by Gasteiger charge is -2.24. The van der Waals surface area contributed by atoms with E-state index in [4.69, 9.17) is 10.5 Å². The molecule has 0 atom stereocenters. The molecule has 0 saturated carbocycles. The van der Waals surface area contributed by atoms with Crippen LogP contribution >= 0.6 is 0 Å². The molecule has 0 aliphatic carbocycles. The van der Waals surface area contributed by atoms with Crippen molar-refractivity contribution in [3.8, 4) is 5.75 Å². The topological polar surface area (TPSA) is 64.3 Å². The first-order valence-electron chi connectivity index (χ1n) is 6.23. The lowest BCUT2D eigenvalue weighted by atomic mass is 10.0. The van der Waals surface area contributed by atoms with E-state index in [0.717, 1.165) is 6.42 Å². The number of carbonyl (C=O) groups is 1. The Hall–Kier alpha value is -1.71. The summed E-state index contributed by atoms with van der Waals surface area (Å²) >= 11 is 0. The lowest BCUT2D eigenvalue weighted by Crippen LogP contribution is -2.43. The second kappa shape index (κ2) is 6.28. The summed E-state index contributed by atoms with van der Waals surface area (Å²) in [6.45, 7) is 6.38. The van der Waals surface area contributed by atoms with Gasteiger partial charge in [0.25, 0.3) is 0 Å². The van der Waals surface area contributed by atoms with Crippen LogP contribution in [0.2, 0.25) is 0 Å². The van der Waals surface area contributed by atoms with Crippen LogP contribution in [0.1, 0.15) is 33.6 Å². The first kappa shape index (κ1) is 14.4. The van der Waals surface area contributed by atoms with Gasteiger partial charge in [0.05, 0.1) is 18.7 Å². The van der Waals surface area contributed by atoms with E-state index in [1.54, 1.807) is 12.1 Å². The molecule has 0 radical (unpaired) electrons. The third-order valence-electron chi connectivity index (χ3n) is 2.87. The molecule has 0 bridgehead atoms. The van der Waals surface area contributed by atoms with Crippen LogP contribution in [0.5, 0.6) is 5.75 Å². The van der Waals surface area contributed by atoms with E-state index in [9.17, 15) is 4.79 Å². The molecule has 1 amide bonds. The van der Waals surface area contributed by atoms with Crippen molar-refractivity contribution in [3.05, 3.63) is 24.3 Å². The third-order valence-corrected chi connectivity index (χ3v) is 2.87. The van der Waals surface area contributed by atoms with Gasteiger partial charge in [-0.2, -0.15) is 0 Å². The molecule has 0 saturated heterocycles. The average Bonchev–Trinajstić information content (AvgIpc) is 2.31. The SMILES string of the molecule is CCC(C)(C)NC(=O)CCOc1ccccc1N. The summed E-state index contributed by atoms with van der Waals surface area (Å²) in [5.74, 6) is 0.622. The normalized spacial score (nSPS) is 11.1. The Bertz CT molecular complexity index is 403. The number of nitrogen functional groups attached to an aromatic ring is 1. The van der Waals surface area contributed by atoms with Crippen LogP contribution in [-0.4, -0.2) is 18.1 Å². The molecule has 3 N–H and O–H groups in total. The van der Waals surface area contributed by atoms with Crippen molar-refractivity contribution in [2.45, 2.75) is 39.2 Å². The van der Waals surface area contributed by atoms with Gasteiger partial charge in [-0.3, -0.25) is 4.79 Å². The van der Waals surface area contributed by atoms with E-state index in [-0.39, 0.29) is 11.4 Å². The number of nitrogens with one attached hydrogen (secondary N) is 1. The van der Waals surface area contributed by atoms with Crippen LogP contribution in [-0.2, 0) is 4.79 Å².